The van der Waals surface area contributed by atoms with Crippen LogP contribution in [0.2, 0.25) is 0 Å². The zero-order valence-corrected chi connectivity index (χ0v) is 10.2. The lowest BCUT2D eigenvalue weighted by Crippen LogP contribution is -2.31. The van der Waals surface area contributed by atoms with E-state index < -0.39 is 0 Å². The monoisotopic (exact) mass is 226 g/mol. The van der Waals surface area contributed by atoms with Gasteiger partial charge in [0.25, 0.3) is 0 Å². The van der Waals surface area contributed by atoms with Gasteiger partial charge >= 0.3 is 0 Å². The second kappa shape index (κ2) is 5.98. The molecule has 4 heteroatoms. The molecule has 0 bridgehead atoms. The van der Waals surface area contributed by atoms with Crippen molar-refractivity contribution in [1.29, 1.82) is 0 Å². The fourth-order valence-electron chi connectivity index (χ4n) is 1.39. The molecule has 1 aromatic heterocycles. The first-order valence-electron chi connectivity index (χ1n) is 5.01. The van der Waals surface area contributed by atoms with E-state index in [9.17, 15) is 0 Å². The van der Waals surface area contributed by atoms with Crippen molar-refractivity contribution in [3.63, 3.8) is 0 Å². The van der Waals surface area contributed by atoms with Gasteiger partial charge in [0, 0.05) is 17.0 Å². The van der Waals surface area contributed by atoms with Crippen molar-refractivity contribution in [3.8, 4) is 0 Å². The zero-order chi connectivity index (χ0) is 11.3. The van der Waals surface area contributed by atoms with Gasteiger partial charge in [-0.25, -0.2) is 4.98 Å². The Morgan fingerprint density at radius 1 is 1.53 bits per heavy atom. The van der Waals surface area contributed by atoms with Crippen molar-refractivity contribution in [1.82, 2.24) is 4.98 Å². The molecule has 0 saturated heterocycles. The minimum atomic E-state index is 0.182. The first-order chi connectivity index (χ1) is 7.17. The van der Waals surface area contributed by atoms with Crippen molar-refractivity contribution in [2.24, 2.45) is 0 Å². The number of pyridine rings is 1. The summed E-state index contributed by atoms with van der Waals surface area (Å²) >= 11 is 1.66. The van der Waals surface area contributed by atoms with Gasteiger partial charge in [-0.2, -0.15) is 11.8 Å². The van der Waals surface area contributed by atoms with Crippen LogP contribution in [0.4, 0.5) is 5.82 Å². The SMILES string of the molecule is CSC(CO)C(C)Nc1cccc(C)n1. The summed E-state index contributed by atoms with van der Waals surface area (Å²) in [5.41, 5.74) is 0.997. The third-order valence-electron chi connectivity index (χ3n) is 2.30. The lowest BCUT2D eigenvalue weighted by atomic mass is 10.2. The van der Waals surface area contributed by atoms with Crippen molar-refractivity contribution >= 4 is 17.6 Å². The summed E-state index contributed by atoms with van der Waals surface area (Å²) in [5.74, 6) is 0.870. The number of aliphatic hydroxyl groups excluding tert-OH is 1. The fourth-order valence-corrected chi connectivity index (χ4v) is 2.01. The summed E-state index contributed by atoms with van der Waals surface area (Å²) in [4.78, 5) is 4.36. The first-order valence-corrected chi connectivity index (χ1v) is 6.30. The second-order valence-corrected chi connectivity index (χ2v) is 4.63. The van der Waals surface area contributed by atoms with Crippen molar-refractivity contribution < 1.29 is 5.11 Å². The highest BCUT2D eigenvalue weighted by Gasteiger charge is 2.14. The van der Waals surface area contributed by atoms with E-state index in [2.05, 4.69) is 17.2 Å². The quantitative estimate of drug-likeness (QED) is 0.805. The molecular weight excluding hydrogens is 208 g/mol. The zero-order valence-electron chi connectivity index (χ0n) is 9.40. The molecule has 2 atom stereocenters. The van der Waals surface area contributed by atoms with Crippen LogP contribution >= 0.6 is 11.8 Å². The second-order valence-electron chi connectivity index (χ2n) is 3.55. The number of aliphatic hydroxyl groups is 1. The minimum absolute atomic E-state index is 0.182. The summed E-state index contributed by atoms with van der Waals surface area (Å²) in [6.45, 7) is 4.20. The van der Waals surface area contributed by atoms with Gasteiger partial charge in [-0.1, -0.05) is 6.07 Å². The van der Waals surface area contributed by atoms with E-state index in [0.29, 0.717) is 0 Å². The number of nitrogens with one attached hydrogen (secondary N) is 1. The van der Waals surface area contributed by atoms with Gasteiger partial charge in [0.1, 0.15) is 5.82 Å². The number of nitrogens with zero attached hydrogens (tertiary/aromatic N) is 1. The average Bonchev–Trinajstić information content (AvgIpc) is 2.19. The van der Waals surface area contributed by atoms with E-state index in [0.717, 1.165) is 11.5 Å². The Balaban J connectivity index is 2.61. The maximum Gasteiger partial charge on any atom is 0.126 e. The molecule has 2 N–H and O–H groups in total. The number of aromatic nitrogens is 1. The molecule has 1 rings (SSSR count). The summed E-state index contributed by atoms with van der Waals surface area (Å²) in [6, 6.07) is 6.09. The third kappa shape index (κ3) is 3.72. The Kier molecular flexibility index (Phi) is 4.91. The molecule has 0 radical (unpaired) electrons. The molecule has 1 heterocycles. The lowest BCUT2D eigenvalue weighted by molar-refractivity contribution is 0.288. The van der Waals surface area contributed by atoms with E-state index in [1.807, 2.05) is 31.4 Å². The number of rotatable bonds is 5. The van der Waals surface area contributed by atoms with Gasteiger partial charge in [-0.05, 0) is 32.2 Å². The minimum Gasteiger partial charge on any atom is -0.395 e. The van der Waals surface area contributed by atoms with Gasteiger partial charge < -0.3 is 10.4 Å². The summed E-state index contributed by atoms with van der Waals surface area (Å²) in [5, 5.41) is 12.6. The summed E-state index contributed by atoms with van der Waals surface area (Å²) < 4.78 is 0. The average molecular weight is 226 g/mol. The maximum absolute atomic E-state index is 9.15. The molecule has 0 aromatic carbocycles. The number of hydrogen-bond acceptors (Lipinski definition) is 4. The normalized spacial score (nSPS) is 14.7. The molecule has 2 unspecified atom stereocenters. The third-order valence-corrected chi connectivity index (χ3v) is 3.47. The van der Waals surface area contributed by atoms with Gasteiger partial charge in [0.2, 0.25) is 0 Å². The van der Waals surface area contributed by atoms with Gasteiger partial charge in [-0.3, -0.25) is 0 Å². The fraction of sp³-hybridized carbons (Fsp3) is 0.545. The Hall–Kier alpha value is -0.740. The molecular formula is C11H18N2OS. The molecule has 0 spiro atoms. The topological polar surface area (TPSA) is 45.1 Å². The smallest absolute Gasteiger partial charge is 0.126 e. The van der Waals surface area contributed by atoms with Crippen LogP contribution in [0.1, 0.15) is 12.6 Å². The van der Waals surface area contributed by atoms with Crippen LogP contribution in [0, 0.1) is 6.92 Å². The molecule has 0 saturated carbocycles. The Morgan fingerprint density at radius 2 is 2.27 bits per heavy atom. The number of hydrogen-bond donors (Lipinski definition) is 2. The van der Waals surface area contributed by atoms with Crippen LogP contribution in [0.5, 0.6) is 0 Å². The highest BCUT2D eigenvalue weighted by atomic mass is 32.2. The molecule has 0 fully saturated rings. The van der Waals surface area contributed by atoms with Crippen LogP contribution < -0.4 is 5.32 Å². The van der Waals surface area contributed by atoms with Crippen LogP contribution in [-0.2, 0) is 0 Å². The standard InChI is InChI=1S/C11H18N2OS/c1-8-5-4-6-11(12-8)13-9(2)10(7-14)15-3/h4-6,9-10,14H,7H2,1-3H3,(H,12,13). The van der Waals surface area contributed by atoms with E-state index in [4.69, 9.17) is 5.11 Å². The lowest BCUT2D eigenvalue weighted by Gasteiger charge is -2.21. The maximum atomic E-state index is 9.15. The Bertz CT molecular complexity index is 302. The summed E-state index contributed by atoms with van der Waals surface area (Å²) in [6.07, 6.45) is 2.00. The summed E-state index contributed by atoms with van der Waals surface area (Å²) in [7, 11) is 0. The number of aryl methyl sites for hydroxylation is 1. The van der Waals surface area contributed by atoms with E-state index in [1.54, 1.807) is 11.8 Å². The Morgan fingerprint density at radius 3 is 2.80 bits per heavy atom. The highest BCUT2D eigenvalue weighted by molar-refractivity contribution is 7.99. The van der Waals surface area contributed by atoms with E-state index in [1.165, 1.54) is 0 Å². The molecule has 84 valence electrons. The molecule has 0 aliphatic carbocycles. The van der Waals surface area contributed by atoms with Crippen LogP contribution in [0.25, 0.3) is 0 Å². The van der Waals surface area contributed by atoms with Crippen molar-refractivity contribution in [2.45, 2.75) is 25.1 Å². The largest absolute Gasteiger partial charge is 0.395 e. The van der Waals surface area contributed by atoms with Gasteiger partial charge in [0.05, 0.1) is 6.61 Å². The Labute approximate surface area is 95.3 Å². The molecule has 0 aliphatic heterocycles. The number of thioether (sulfide) groups is 1. The van der Waals surface area contributed by atoms with Gasteiger partial charge in [-0.15, -0.1) is 0 Å². The van der Waals surface area contributed by atoms with Crippen molar-refractivity contribution in [2.75, 3.05) is 18.2 Å². The van der Waals surface area contributed by atoms with Crippen LogP contribution in [0.15, 0.2) is 18.2 Å². The molecule has 1 aromatic rings. The number of anilines is 1. The predicted octanol–water partition coefficient (Wildman–Crippen LogP) is 1.91. The van der Waals surface area contributed by atoms with Crippen LogP contribution in [0.3, 0.4) is 0 Å². The molecule has 3 nitrogen and oxygen atoms in total. The molecule has 0 aliphatic rings. The van der Waals surface area contributed by atoms with Crippen molar-refractivity contribution in [3.05, 3.63) is 23.9 Å². The molecule has 15 heavy (non-hydrogen) atoms. The molecule has 0 amide bonds. The van der Waals surface area contributed by atoms with E-state index >= 15 is 0 Å². The van der Waals surface area contributed by atoms with Crippen LogP contribution in [-0.4, -0.2) is 34.2 Å². The first kappa shape index (κ1) is 12.3. The highest BCUT2D eigenvalue weighted by Crippen LogP contribution is 2.14. The van der Waals surface area contributed by atoms with E-state index in [-0.39, 0.29) is 17.9 Å². The van der Waals surface area contributed by atoms with Gasteiger partial charge in [0.15, 0.2) is 0 Å². The predicted molar refractivity (Wildman–Crippen MR) is 66.4 cm³/mol.